The van der Waals surface area contributed by atoms with Crippen LogP contribution in [0.4, 0.5) is 22.0 Å². The number of carbonyl (C=O) groups excluding carboxylic acids is 4. The molecular weight excluding hydrogens is 1230 g/mol. The first kappa shape index (κ1) is 75.7. The maximum absolute atomic E-state index is 13.6. The van der Waals surface area contributed by atoms with E-state index in [0.717, 1.165) is 0 Å². The Balaban J connectivity index is 0.896. The molecule has 3 amide bonds. The fraction of sp³-hybridized carbons (Fsp3) is 0.648. The van der Waals surface area contributed by atoms with Crippen molar-refractivity contribution in [2.24, 2.45) is 0 Å². The van der Waals surface area contributed by atoms with E-state index >= 15 is 0 Å². The lowest BCUT2D eigenvalue weighted by atomic mass is 9.88. The summed E-state index contributed by atoms with van der Waals surface area (Å²) in [6, 6.07) is 4.91. The molecule has 8 N–H and O–H groups in total. The number of carboxylic acid groups (broad SMARTS) is 1. The lowest BCUT2D eigenvalue weighted by molar-refractivity contribution is -0.312. The van der Waals surface area contributed by atoms with Crippen molar-refractivity contribution in [3.8, 4) is 5.75 Å². The van der Waals surface area contributed by atoms with Gasteiger partial charge in [0.1, 0.15) is 24.5 Å². The van der Waals surface area contributed by atoms with Crippen LogP contribution in [0, 0.1) is 29.1 Å². The van der Waals surface area contributed by atoms with Crippen LogP contribution in [-0.2, 0) is 100 Å². The van der Waals surface area contributed by atoms with Gasteiger partial charge in [-0.25, -0.2) is 22.6 Å². The van der Waals surface area contributed by atoms with Gasteiger partial charge in [0.15, 0.2) is 0 Å². The van der Waals surface area contributed by atoms with Crippen LogP contribution in [0.2, 0.25) is 5.02 Å². The maximum atomic E-state index is 13.6. The van der Waals surface area contributed by atoms with E-state index in [-0.39, 0.29) is 111 Å². The van der Waals surface area contributed by atoms with Gasteiger partial charge >= 0.3 is 11.9 Å². The third-order valence-electron chi connectivity index (χ3n) is 12.2. The molecule has 1 aliphatic heterocycles. The number of aromatic nitrogens is 3. The number of ether oxygens (including phenoxy) is 13. The monoisotopic (exact) mass is 1310 g/mol. The Labute approximate surface area is 512 Å². The average molecular weight is 1310 g/mol. The van der Waals surface area contributed by atoms with Crippen molar-refractivity contribution in [2.45, 2.75) is 75.1 Å². The van der Waals surface area contributed by atoms with Crippen LogP contribution in [0.25, 0.3) is 0 Å². The van der Waals surface area contributed by atoms with Gasteiger partial charge in [-0.2, -0.15) is 8.78 Å². The van der Waals surface area contributed by atoms with Crippen molar-refractivity contribution in [2.75, 3.05) is 152 Å². The standard InChI is InChI=1S/C54H76ClF5N6O23/c55-36-3-1-35(2-4-36)29-41(71)62-31-39(69)50(74)52-49(63-42(72)33-67)38(68)30-54(89-52,53(75)76)87-28-27-85-19-15-79-11-7-61-40(70)5-9-77-13-17-81-23-24-84-25-26-86-34-37-32-66(65-64-37)8-12-80-16-20-83-22-21-82-18-14-78-10-6-43(73)88-51-47(59)45(57)44(56)46(58)48(51)60/h1-4,32,38-39,49-50,52,67-69,74H,5-31,33-34H2,(H,61,70)(H,62,71)(H,63,72)(H,75,76)/t38-,39+,49+,50+,52+,54+/m0/s1. The number of rotatable bonds is 49. The number of halogens is 6. The summed E-state index contributed by atoms with van der Waals surface area (Å²) in [5.74, 6) is -20.4. The molecule has 0 saturated carbocycles. The van der Waals surface area contributed by atoms with Crippen LogP contribution >= 0.6 is 11.6 Å². The van der Waals surface area contributed by atoms with Crippen molar-refractivity contribution in [3.63, 3.8) is 0 Å². The molecule has 0 unspecified atom stereocenters. The minimum Gasteiger partial charge on any atom is -0.477 e. The Morgan fingerprint density at radius 1 is 0.652 bits per heavy atom. The van der Waals surface area contributed by atoms with E-state index in [1.807, 2.05) is 0 Å². The molecule has 1 fully saturated rings. The number of hydrogen-bond acceptors (Lipinski definition) is 24. The van der Waals surface area contributed by atoms with E-state index in [1.54, 1.807) is 35.1 Å². The molecule has 6 atom stereocenters. The zero-order valence-corrected chi connectivity index (χ0v) is 49.2. The second kappa shape index (κ2) is 43.1. The summed E-state index contributed by atoms with van der Waals surface area (Å²) in [4.78, 5) is 61.0. The number of carbonyl (C=O) groups is 5. The van der Waals surface area contributed by atoms with Crippen molar-refractivity contribution in [3.05, 3.63) is 75.8 Å². The Hall–Kier alpha value is -5.77. The molecule has 0 bridgehead atoms. The minimum absolute atomic E-state index is 0.0421. The van der Waals surface area contributed by atoms with Crippen molar-refractivity contribution in [1.82, 2.24) is 30.9 Å². The van der Waals surface area contributed by atoms with Gasteiger partial charge in [0.25, 0.3) is 5.79 Å². The smallest absolute Gasteiger partial charge is 0.364 e. The van der Waals surface area contributed by atoms with Crippen LogP contribution in [0.1, 0.15) is 30.5 Å². The van der Waals surface area contributed by atoms with Crippen molar-refractivity contribution < 1.29 is 133 Å². The van der Waals surface area contributed by atoms with Gasteiger partial charge in [0.2, 0.25) is 52.6 Å². The molecule has 89 heavy (non-hydrogen) atoms. The predicted molar refractivity (Wildman–Crippen MR) is 292 cm³/mol. The molecule has 502 valence electrons. The number of benzene rings is 2. The van der Waals surface area contributed by atoms with Crippen LogP contribution in [0.15, 0.2) is 30.5 Å². The molecular formula is C54H76ClF5N6O23. The number of amides is 3. The number of carboxylic acids is 1. The third-order valence-corrected chi connectivity index (χ3v) is 12.5. The largest absolute Gasteiger partial charge is 0.477 e. The quantitative estimate of drug-likeness (QED) is 0.00865. The van der Waals surface area contributed by atoms with Crippen molar-refractivity contribution in [1.29, 1.82) is 0 Å². The number of aliphatic hydroxyl groups is 4. The maximum Gasteiger partial charge on any atom is 0.364 e. The van der Waals surface area contributed by atoms with Crippen molar-refractivity contribution >= 4 is 41.3 Å². The second-order valence-corrected chi connectivity index (χ2v) is 19.4. The lowest BCUT2D eigenvalue weighted by Gasteiger charge is -2.46. The highest BCUT2D eigenvalue weighted by atomic mass is 35.5. The molecule has 1 aliphatic rings. The molecule has 29 nitrogen and oxygen atoms in total. The molecule has 0 aliphatic carbocycles. The van der Waals surface area contributed by atoms with Gasteiger partial charge in [-0.15, -0.1) is 5.10 Å². The van der Waals surface area contributed by atoms with Crippen LogP contribution in [0.3, 0.4) is 0 Å². The molecule has 1 aromatic heterocycles. The minimum atomic E-state index is -2.58. The molecule has 1 saturated heterocycles. The zero-order chi connectivity index (χ0) is 64.8. The number of esters is 1. The average Bonchev–Trinajstić information content (AvgIpc) is 2.82. The first-order valence-electron chi connectivity index (χ1n) is 28.0. The molecule has 3 aromatic rings. The molecule has 4 rings (SSSR count). The van der Waals surface area contributed by atoms with E-state index in [2.05, 4.69) is 31.0 Å². The normalized spacial score (nSPS) is 17.3. The number of nitrogens with one attached hydrogen (secondary N) is 3. The SMILES string of the molecule is O=C(CCOCCOCCOCCOCc1cn(CCOCCOCCOCCOCCC(=O)Oc2c(F)c(F)c(F)c(F)c2F)nn1)NCCOCCOCCO[C@]1(C(=O)O)C[C@H](O)[C@@H](NC(=O)CO)[C@H]([C@H](O)[C@H](O)CNC(=O)Cc2ccc(Cl)cc2)O1. The van der Waals surface area contributed by atoms with Gasteiger partial charge in [-0.3, -0.25) is 19.2 Å². The highest BCUT2D eigenvalue weighted by Crippen LogP contribution is 2.34. The van der Waals surface area contributed by atoms with E-state index in [1.165, 1.54) is 0 Å². The Kier molecular flexibility index (Phi) is 36.6. The van der Waals surface area contributed by atoms with Gasteiger partial charge in [0, 0.05) is 31.0 Å². The Morgan fingerprint density at radius 2 is 1.16 bits per heavy atom. The summed E-state index contributed by atoms with van der Waals surface area (Å²) in [7, 11) is 0. The summed E-state index contributed by atoms with van der Waals surface area (Å²) < 4.78 is 138. The number of hydrogen-bond donors (Lipinski definition) is 8. The van der Waals surface area contributed by atoms with Crippen LogP contribution < -0.4 is 20.7 Å². The fourth-order valence-corrected chi connectivity index (χ4v) is 7.85. The van der Waals surface area contributed by atoms with E-state index < -0.39 is 121 Å². The van der Waals surface area contributed by atoms with Crippen LogP contribution in [-0.4, -0.2) is 258 Å². The highest BCUT2D eigenvalue weighted by molar-refractivity contribution is 6.30. The van der Waals surface area contributed by atoms with Gasteiger partial charge < -0.3 is 103 Å². The first-order chi connectivity index (χ1) is 42.8. The van der Waals surface area contributed by atoms with Gasteiger partial charge in [0.05, 0.1) is 183 Å². The molecule has 2 heterocycles. The molecule has 0 radical (unpaired) electrons. The highest BCUT2D eigenvalue weighted by Gasteiger charge is 2.56. The summed E-state index contributed by atoms with van der Waals surface area (Å²) in [6.45, 7) is 2.44. The molecule has 0 spiro atoms. The summed E-state index contributed by atoms with van der Waals surface area (Å²) in [5, 5.41) is 68.3. The topological polar surface area (TPSA) is 373 Å². The predicted octanol–water partition coefficient (Wildman–Crippen LogP) is -0.700. The van der Waals surface area contributed by atoms with E-state index in [9.17, 15) is 71.5 Å². The van der Waals surface area contributed by atoms with Gasteiger partial charge in [-0.1, -0.05) is 28.9 Å². The molecule has 35 heteroatoms. The summed E-state index contributed by atoms with van der Waals surface area (Å²) >= 11 is 5.88. The van der Waals surface area contributed by atoms with E-state index in [0.29, 0.717) is 75.7 Å². The van der Waals surface area contributed by atoms with Crippen LogP contribution in [0.5, 0.6) is 5.75 Å². The number of nitrogens with zero attached hydrogens (tertiary/aromatic N) is 3. The third kappa shape index (κ3) is 28.9. The Morgan fingerprint density at radius 3 is 1.72 bits per heavy atom. The molecule has 2 aromatic carbocycles. The second-order valence-electron chi connectivity index (χ2n) is 18.9. The summed E-state index contributed by atoms with van der Waals surface area (Å²) in [5.41, 5.74) is 1.23. The number of aliphatic carboxylic acids is 1. The zero-order valence-electron chi connectivity index (χ0n) is 48.5. The first-order valence-corrected chi connectivity index (χ1v) is 28.4. The van der Waals surface area contributed by atoms with E-state index in [4.69, 9.17) is 68.4 Å². The van der Waals surface area contributed by atoms with Gasteiger partial charge in [-0.05, 0) is 17.7 Å². The summed E-state index contributed by atoms with van der Waals surface area (Å²) in [6.07, 6.45) is -6.83. The fourth-order valence-electron chi connectivity index (χ4n) is 7.72. The lowest BCUT2D eigenvalue weighted by Crippen LogP contribution is -2.68. The Bertz CT molecular complexity index is 2540. The number of aliphatic hydroxyl groups excluding tert-OH is 4.